The zero-order valence-corrected chi connectivity index (χ0v) is 16.6. The van der Waals surface area contributed by atoms with Gasteiger partial charge in [0.05, 0.1) is 0 Å². The standard InChI is InChI=1S/C19H21Cl2NO2S/c1-13-6-7-18(14(2)10-13)24-11-19(23)22-8-9-25-12-15-16(20)4-3-5-17(15)21/h3-7,10H,8-9,11-12H2,1-2H3,(H,22,23). The van der Waals surface area contributed by atoms with E-state index in [2.05, 4.69) is 5.32 Å². The van der Waals surface area contributed by atoms with E-state index in [1.165, 1.54) is 5.56 Å². The molecule has 0 spiro atoms. The Morgan fingerprint density at radius 2 is 1.88 bits per heavy atom. The molecule has 0 aromatic heterocycles. The van der Waals surface area contributed by atoms with Crippen molar-refractivity contribution in [3.05, 3.63) is 63.1 Å². The van der Waals surface area contributed by atoms with Crippen molar-refractivity contribution < 1.29 is 9.53 Å². The van der Waals surface area contributed by atoms with Crippen LogP contribution in [-0.2, 0) is 10.5 Å². The summed E-state index contributed by atoms with van der Waals surface area (Å²) < 4.78 is 5.56. The lowest BCUT2D eigenvalue weighted by Crippen LogP contribution is -2.30. The van der Waals surface area contributed by atoms with Crippen molar-refractivity contribution in [2.75, 3.05) is 18.9 Å². The monoisotopic (exact) mass is 397 g/mol. The number of rotatable bonds is 8. The Kier molecular flexibility index (Phi) is 7.94. The van der Waals surface area contributed by atoms with Crippen molar-refractivity contribution in [2.24, 2.45) is 0 Å². The zero-order valence-electron chi connectivity index (χ0n) is 14.3. The van der Waals surface area contributed by atoms with Crippen molar-refractivity contribution in [1.29, 1.82) is 0 Å². The number of hydrogen-bond donors (Lipinski definition) is 1. The number of amides is 1. The molecule has 0 aliphatic carbocycles. The van der Waals surface area contributed by atoms with Crippen LogP contribution in [-0.4, -0.2) is 24.8 Å². The maximum atomic E-state index is 11.8. The van der Waals surface area contributed by atoms with Gasteiger partial charge in [0, 0.05) is 28.1 Å². The lowest BCUT2D eigenvalue weighted by Gasteiger charge is -2.10. The lowest BCUT2D eigenvalue weighted by atomic mass is 10.1. The third kappa shape index (κ3) is 6.46. The van der Waals surface area contributed by atoms with E-state index in [1.807, 2.05) is 50.2 Å². The van der Waals surface area contributed by atoms with Crippen molar-refractivity contribution >= 4 is 40.9 Å². The summed E-state index contributed by atoms with van der Waals surface area (Å²) in [5, 5.41) is 4.19. The van der Waals surface area contributed by atoms with Gasteiger partial charge < -0.3 is 10.1 Å². The van der Waals surface area contributed by atoms with E-state index in [4.69, 9.17) is 27.9 Å². The molecule has 0 aliphatic heterocycles. The van der Waals surface area contributed by atoms with Gasteiger partial charge in [-0.1, -0.05) is 47.0 Å². The average molecular weight is 398 g/mol. The van der Waals surface area contributed by atoms with Crippen LogP contribution in [0.3, 0.4) is 0 Å². The second kappa shape index (κ2) is 9.95. The van der Waals surface area contributed by atoms with Crippen LogP contribution in [0.4, 0.5) is 0 Å². The second-order valence-electron chi connectivity index (χ2n) is 5.66. The number of ether oxygens (including phenoxy) is 1. The smallest absolute Gasteiger partial charge is 0.257 e. The number of carbonyl (C=O) groups is 1. The summed E-state index contributed by atoms with van der Waals surface area (Å²) in [5.74, 6) is 2.10. The molecule has 25 heavy (non-hydrogen) atoms. The van der Waals surface area contributed by atoms with Gasteiger partial charge in [0.25, 0.3) is 5.91 Å². The third-order valence-corrected chi connectivity index (χ3v) is 5.26. The Hall–Kier alpha value is -1.36. The SMILES string of the molecule is Cc1ccc(OCC(=O)NCCSCc2c(Cl)cccc2Cl)c(C)c1. The van der Waals surface area contributed by atoms with Crippen LogP contribution in [0.25, 0.3) is 0 Å². The summed E-state index contributed by atoms with van der Waals surface area (Å²) in [5.41, 5.74) is 3.13. The lowest BCUT2D eigenvalue weighted by molar-refractivity contribution is -0.122. The van der Waals surface area contributed by atoms with Crippen LogP contribution in [0.2, 0.25) is 10.0 Å². The van der Waals surface area contributed by atoms with Crippen molar-refractivity contribution in [3.8, 4) is 5.75 Å². The predicted octanol–water partition coefficient (Wildman–Crippen LogP) is 5.04. The first-order valence-electron chi connectivity index (χ1n) is 7.94. The fourth-order valence-electron chi connectivity index (χ4n) is 2.26. The zero-order chi connectivity index (χ0) is 18.2. The first-order chi connectivity index (χ1) is 12.0. The normalized spacial score (nSPS) is 10.6. The van der Waals surface area contributed by atoms with E-state index in [-0.39, 0.29) is 12.5 Å². The van der Waals surface area contributed by atoms with E-state index < -0.39 is 0 Å². The maximum absolute atomic E-state index is 11.8. The van der Waals surface area contributed by atoms with E-state index in [0.29, 0.717) is 22.3 Å². The van der Waals surface area contributed by atoms with E-state index in [1.54, 1.807) is 11.8 Å². The van der Waals surface area contributed by atoms with Crippen LogP contribution in [0.5, 0.6) is 5.75 Å². The largest absolute Gasteiger partial charge is 0.484 e. The topological polar surface area (TPSA) is 38.3 Å². The number of thioether (sulfide) groups is 1. The number of hydrogen-bond acceptors (Lipinski definition) is 3. The van der Waals surface area contributed by atoms with Gasteiger partial charge in [0.15, 0.2) is 6.61 Å². The highest BCUT2D eigenvalue weighted by atomic mass is 35.5. The molecule has 0 fully saturated rings. The van der Waals surface area contributed by atoms with E-state index in [9.17, 15) is 4.79 Å². The molecule has 3 nitrogen and oxygen atoms in total. The van der Waals surface area contributed by atoms with Gasteiger partial charge in [-0.3, -0.25) is 4.79 Å². The minimum absolute atomic E-state index is 0.0188. The Labute approximate surface area is 163 Å². The fourth-order valence-corrected chi connectivity index (χ4v) is 3.86. The summed E-state index contributed by atoms with van der Waals surface area (Å²) in [7, 11) is 0. The maximum Gasteiger partial charge on any atom is 0.257 e. The minimum atomic E-state index is -0.128. The molecular weight excluding hydrogens is 377 g/mol. The first-order valence-corrected chi connectivity index (χ1v) is 9.86. The Morgan fingerprint density at radius 3 is 2.56 bits per heavy atom. The van der Waals surface area contributed by atoms with Gasteiger partial charge in [-0.25, -0.2) is 0 Å². The summed E-state index contributed by atoms with van der Waals surface area (Å²) in [6, 6.07) is 11.4. The number of benzene rings is 2. The average Bonchev–Trinajstić information content (AvgIpc) is 2.56. The van der Waals surface area contributed by atoms with Crippen molar-refractivity contribution in [3.63, 3.8) is 0 Å². The number of carbonyl (C=O) groups excluding carboxylic acids is 1. The Balaban J connectivity index is 1.65. The number of nitrogens with one attached hydrogen (secondary N) is 1. The highest BCUT2D eigenvalue weighted by Crippen LogP contribution is 2.27. The van der Waals surface area contributed by atoms with Crippen LogP contribution < -0.4 is 10.1 Å². The van der Waals surface area contributed by atoms with Crippen LogP contribution in [0.1, 0.15) is 16.7 Å². The van der Waals surface area contributed by atoms with Gasteiger partial charge in [-0.2, -0.15) is 11.8 Å². The van der Waals surface area contributed by atoms with Crippen LogP contribution >= 0.6 is 35.0 Å². The fraction of sp³-hybridized carbons (Fsp3) is 0.316. The summed E-state index contributed by atoms with van der Waals surface area (Å²) >= 11 is 13.9. The molecule has 2 aromatic rings. The van der Waals surface area contributed by atoms with Crippen molar-refractivity contribution in [2.45, 2.75) is 19.6 Å². The molecule has 0 radical (unpaired) electrons. The predicted molar refractivity (Wildman–Crippen MR) is 107 cm³/mol. The molecule has 0 heterocycles. The van der Waals surface area contributed by atoms with Gasteiger partial charge in [-0.05, 0) is 43.2 Å². The molecule has 0 unspecified atom stereocenters. The highest BCUT2D eigenvalue weighted by molar-refractivity contribution is 7.98. The molecule has 134 valence electrons. The minimum Gasteiger partial charge on any atom is -0.484 e. The van der Waals surface area contributed by atoms with Gasteiger partial charge in [0.2, 0.25) is 0 Å². The Bertz CT molecular complexity index is 717. The van der Waals surface area contributed by atoms with Crippen LogP contribution in [0, 0.1) is 13.8 Å². The molecule has 0 bridgehead atoms. The second-order valence-corrected chi connectivity index (χ2v) is 7.58. The molecule has 2 aromatic carbocycles. The van der Waals surface area contributed by atoms with E-state index >= 15 is 0 Å². The molecular formula is C19H21Cl2NO2S. The first kappa shape index (κ1) is 20.0. The highest BCUT2D eigenvalue weighted by Gasteiger charge is 2.07. The molecule has 2 rings (SSSR count). The quantitative estimate of drug-likeness (QED) is 0.634. The van der Waals surface area contributed by atoms with E-state index in [0.717, 1.165) is 22.6 Å². The van der Waals surface area contributed by atoms with Crippen LogP contribution in [0.15, 0.2) is 36.4 Å². The molecule has 1 amide bonds. The van der Waals surface area contributed by atoms with Gasteiger partial charge in [0.1, 0.15) is 5.75 Å². The summed E-state index contributed by atoms with van der Waals surface area (Å²) in [4.78, 5) is 11.8. The third-order valence-electron chi connectivity index (χ3n) is 3.57. The van der Waals surface area contributed by atoms with Crippen molar-refractivity contribution in [1.82, 2.24) is 5.32 Å². The molecule has 0 saturated heterocycles. The number of halogens is 2. The van der Waals surface area contributed by atoms with Gasteiger partial charge in [-0.15, -0.1) is 0 Å². The summed E-state index contributed by atoms with van der Waals surface area (Å²) in [6.45, 7) is 4.58. The Morgan fingerprint density at radius 1 is 1.16 bits per heavy atom. The van der Waals surface area contributed by atoms with Gasteiger partial charge >= 0.3 is 0 Å². The molecule has 6 heteroatoms. The molecule has 0 atom stereocenters. The number of aryl methyl sites for hydroxylation is 2. The molecule has 1 N–H and O–H groups in total. The molecule has 0 saturated carbocycles. The summed E-state index contributed by atoms with van der Waals surface area (Å²) in [6.07, 6.45) is 0. The molecule has 0 aliphatic rings.